The molecule has 1 aliphatic carbocycles. The van der Waals surface area contributed by atoms with E-state index >= 15 is 0 Å². The van der Waals surface area contributed by atoms with Crippen LogP contribution < -0.4 is 28.4 Å². The Morgan fingerprint density at radius 3 is 2.14 bits per heavy atom. The molecule has 13 nitrogen and oxygen atoms in total. The van der Waals surface area contributed by atoms with Gasteiger partial charge in [0.2, 0.25) is 12.5 Å². The van der Waals surface area contributed by atoms with Crippen molar-refractivity contribution in [2.75, 3.05) is 34.7 Å². The highest BCUT2D eigenvalue weighted by Gasteiger charge is 2.54. The van der Waals surface area contributed by atoms with Crippen LogP contribution in [0.25, 0.3) is 0 Å². The van der Waals surface area contributed by atoms with Crippen LogP contribution in [0, 0.1) is 22.0 Å². The quantitative estimate of drug-likeness (QED) is 0.167. The van der Waals surface area contributed by atoms with Crippen molar-refractivity contribution < 1.29 is 52.4 Å². The van der Waals surface area contributed by atoms with E-state index in [0.717, 1.165) is 0 Å². The Bertz CT molecular complexity index is 1540. The number of hydrogen-bond acceptors (Lipinski definition) is 12. The van der Waals surface area contributed by atoms with Crippen LogP contribution in [-0.2, 0) is 14.3 Å². The second-order valence-electron chi connectivity index (χ2n) is 9.73. The summed E-state index contributed by atoms with van der Waals surface area (Å²) in [5.41, 5.74) is 1.76. The maximum atomic E-state index is 13.3. The van der Waals surface area contributed by atoms with Crippen molar-refractivity contribution in [3.63, 3.8) is 0 Å². The summed E-state index contributed by atoms with van der Waals surface area (Å²) in [5, 5.41) is 11.0. The number of nitrogens with zero attached hydrogens (tertiary/aromatic N) is 1. The minimum absolute atomic E-state index is 0.00617. The summed E-state index contributed by atoms with van der Waals surface area (Å²) in [5.74, 6) is -0.167. The number of rotatable bonds is 7. The van der Waals surface area contributed by atoms with Crippen LogP contribution in [0.1, 0.15) is 28.7 Å². The summed E-state index contributed by atoms with van der Waals surface area (Å²) >= 11 is 0. The average Bonchev–Trinajstić information content (AvgIpc) is 3.61. The maximum absolute atomic E-state index is 13.3. The maximum Gasteiger partial charge on any atom is 0.514 e. The minimum Gasteiger partial charge on any atom is -0.493 e. The number of non-ortho nitro benzene ring substituents is 1. The predicted molar refractivity (Wildman–Crippen MR) is 141 cm³/mol. The number of hydrogen-bond donors (Lipinski definition) is 0. The Balaban J connectivity index is 1.42. The molecule has 0 N–H and O–H groups in total. The summed E-state index contributed by atoms with van der Waals surface area (Å²) in [6.45, 7) is 0.00344. The lowest BCUT2D eigenvalue weighted by molar-refractivity contribution is -0.384. The third-order valence-electron chi connectivity index (χ3n) is 7.64. The lowest BCUT2D eigenvalue weighted by atomic mass is 9.66. The van der Waals surface area contributed by atoms with Crippen LogP contribution in [0.2, 0.25) is 0 Å². The smallest absolute Gasteiger partial charge is 0.493 e. The van der Waals surface area contributed by atoms with Crippen LogP contribution >= 0.6 is 0 Å². The van der Waals surface area contributed by atoms with E-state index in [1.165, 1.54) is 45.6 Å². The molecule has 0 spiro atoms. The summed E-state index contributed by atoms with van der Waals surface area (Å²) in [7, 11) is 4.50. The number of benzene rings is 3. The van der Waals surface area contributed by atoms with Gasteiger partial charge in [0, 0.05) is 29.5 Å². The molecule has 2 aliphatic heterocycles. The first-order chi connectivity index (χ1) is 20.3. The molecule has 1 saturated heterocycles. The number of cyclic esters (lactones) is 1. The molecule has 4 atom stereocenters. The Morgan fingerprint density at radius 1 is 0.905 bits per heavy atom. The van der Waals surface area contributed by atoms with Crippen molar-refractivity contribution in [2.45, 2.75) is 12.0 Å². The van der Waals surface area contributed by atoms with Crippen molar-refractivity contribution in [1.82, 2.24) is 0 Å². The van der Waals surface area contributed by atoms with Gasteiger partial charge in [-0.05, 0) is 47.5 Å². The van der Waals surface area contributed by atoms with Gasteiger partial charge in [-0.2, -0.15) is 0 Å². The third kappa shape index (κ3) is 4.52. The third-order valence-corrected chi connectivity index (χ3v) is 7.64. The molecular formula is C29H25NO12. The molecule has 0 saturated carbocycles. The Kier molecular flexibility index (Phi) is 6.85. The lowest BCUT2D eigenvalue weighted by Gasteiger charge is -2.38. The Hall–Kier alpha value is -5.20. The average molecular weight is 580 g/mol. The zero-order valence-electron chi connectivity index (χ0n) is 22.7. The molecule has 2 heterocycles. The zero-order valence-corrected chi connectivity index (χ0v) is 22.7. The van der Waals surface area contributed by atoms with E-state index in [2.05, 4.69) is 0 Å². The first-order valence-electron chi connectivity index (χ1n) is 12.9. The summed E-state index contributed by atoms with van der Waals surface area (Å²) in [6.07, 6.45) is -2.00. The standard InChI is InChI=1S/C29H25NO12/c1-35-22-8-14(9-23(36-2)27(22)37-3)24-17-10-20-21(40-13-39-20)11-18(17)26(19-12-38-28(31)25(19)24)42-29(32)41-16-6-4-15(5-7-16)30(33)34/h4-11,19,24-26H,12-13H2,1-3H3/t19-,24+,25+,26-/m0/s1. The SMILES string of the molecule is COc1cc([C@@H]2c3cc4c(cc3[C@H](OC(=O)Oc3ccc([N+](=O)[O-])cc3)[C@H]3COC(=O)[C@@H]23)OCO4)cc(OC)c1OC. The van der Waals surface area contributed by atoms with Gasteiger partial charge in [0.05, 0.1) is 38.8 Å². The minimum atomic E-state index is -1.05. The fraction of sp³-hybridized carbons (Fsp3) is 0.310. The van der Waals surface area contributed by atoms with Crippen LogP contribution in [0.15, 0.2) is 48.5 Å². The van der Waals surface area contributed by atoms with Crippen molar-refractivity contribution in [1.29, 1.82) is 0 Å². The molecule has 0 radical (unpaired) electrons. The fourth-order valence-corrected chi connectivity index (χ4v) is 5.80. The van der Waals surface area contributed by atoms with E-state index in [0.29, 0.717) is 45.4 Å². The molecule has 6 rings (SSSR count). The van der Waals surface area contributed by atoms with E-state index in [1.54, 1.807) is 24.3 Å². The van der Waals surface area contributed by atoms with Gasteiger partial charge in [0.25, 0.3) is 5.69 Å². The number of nitro groups is 1. The van der Waals surface area contributed by atoms with Crippen molar-refractivity contribution >= 4 is 17.8 Å². The van der Waals surface area contributed by atoms with Crippen molar-refractivity contribution in [2.24, 2.45) is 11.8 Å². The normalized spacial score (nSPS) is 21.5. The summed E-state index contributed by atoms with van der Waals surface area (Å²) in [6, 6.07) is 12.0. The van der Waals surface area contributed by atoms with Gasteiger partial charge < -0.3 is 37.9 Å². The molecule has 42 heavy (non-hydrogen) atoms. The molecule has 0 amide bonds. The van der Waals surface area contributed by atoms with Crippen molar-refractivity contribution in [3.05, 3.63) is 75.3 Å². The highest BCUT2D eigenvalue weighted by molar-refractivity contribution is 5.79. The number of ether oxygens (including phenoxy) is 8. The van der Waals surface area contributed by atoms with Gasteiger partial charge in [-0.15, -0.1) is 0 Å². The van der Waals surface area contributed by atoms with Crippen LogP contribution in [-0.4, -0.2) is 51.8 Å². The largest absolute Gasteiger partial charge is 0.514 e. The molecule has 3 aliphatic rings. The number of esters is 1. The first-order valence-corrected chi connectivity index (χ1v) is 12.9. The Labute approximate surface area is 238 Å². The van der Waals surface area contributed by atoms with E-state index < -0.39 is 40.9 Å². The monoisotopic (exact) mass is 579 g/mol. The molecule has 0 unspecified atom stereocenters. The van der Waals surface area contributed by atoms with Gasteiger partial charge >= 0.3 is 12.1 Å². The summed E-state index contributed by atoms with van der Waals surface area (Å²) < 4.78 is 44.6. The van der Waals surface area contributed by atoms with Gasteiger partial charge in [-0.3, -0.25) is 14.9 Å². The topological polar surface area (TPSA) is 151 Å². The van der Waals surface area contributed by atoms with E-state index in [-0.39, 0.29) is 24.8 Å². The highest BCUT2D eigenvalue weighted by atomic mass is 16.7. The van der Waals surface area contributed by atoms with E-state index in [9.17, 15) is 19.7 Å². The Morgan fingerprint density at radius 2 is 1.55 bits per heavy atom. The zero-order chi connectivity index (χ0) is 29.5. The highest BCUT2D eigenvalue weighted by Crippen LogP contribution is 2.56. The predicted octanol–water partition coefficient (Wildman–Crippen LogP) is 4.54. The number of methoxy groups -OCH3 is 3. The van der Waals surface area contributed by atoms with Gasteiger partial charge in [0.15, 0.2) is 23.0 Å². The summed E-state index contributed by atoms with van der Waals surface area (Å²) in [4.78, 5) is 36.7. The lowest BCUT2D eigenvalue weighted by Crippen LogP contribution is -2.37. The molecular weight excluding hydrogens is 554 g/mol. The molecule has 218 valence electrons. The van der Waals surface area contributed by atoms with E-state index in [1.807, 2.05) is 0 Å². The van der Waals surface area contributed by atoms with E-state index in [4.69, 9.17) is 37.9 Å². The van der Waals surface area contributed by atoms with Crippen LogP contribution in [0.3, 0.4) is 0 Å². The molecule has 13 heteroatoms. The first kappa shape index (κ1) is 27.0. The number of fused-ring (bicyclic) bond motifs is 3. The second-order valence-corrected chi connectivity index (χ2v) is 9.73. The molecule has 3 aromatic rings. The van der Waals surface area contributed by atoms with Crippen molar-refractivity contribution in [3.8, 4) is 34.5 Å². The number of nitro benzene ring substituents is 1. The van der Waals surface area contributed by atoms with Gasteiger partial charge in [-0.1, -0.05) is 0 Å². The van der Waals surface area contributed by atoms with Crippen LogP contribution in [0.4, 0.5) is 10.5 Å². The van der Waals surface area contributed by atoms with Gasteiger partial charge in [0.1, 0.15) is 11.9 Å². The molecule has 0 bridgehead atoms. The van der Waals surface area contributed by atoms with Gasteiger partial charge in [-0.25, -0.2) is 4.79 Å². The van der Waals surface area contributed by atoms with Crippen LogP contribution in [0.5, 0.6) is 34.5 Å². The molecule has 0 aromatic heterocycles. The second kappa shape index (κ2) is 10.7. The number of carbonyl (C=O) groups is 2. The fourth-order valence-electron chi connectivity index (χ4n) is 5.80. The number of carbonyl (C=O) groups excluding carboxylic acids is 2. The molecule has 3 aromatic carbocycles. The molecule has 1 fully saturated rings.